The molecule has 0 bridgehead atoms. The van der Waals surface area contributed by atoms with Crippen LogP contribution in [0.3, 0.4) is 0 Å². The number of benzene rings is 1. The smallest absolute Gasteiger partial charge is 0.240 e. The number of sulfonamides is 1. The van der Waals surface area contributed by atoms with Gasteiger partial charge in [0.2, 0.25) is 10.0 Å². The predicted octanol–water partition coefficient (Wildman–Crippen LogP) is 1.19. The average Bonchev–Trinajstić information content (AvgIpc) is 2.36. The molecule has 108 valence electrons. The van der Waals surface area contributed by atoms with Crippen LogP contribution in [0.25, 0.3) is 0 Å². The molecular formula is C13H21NO4S. The largest absolute Gasteiger partial charge is 0.392 e. The highest BCUT2D eigenvalue weighted by atomic mass is 32.2. The fourth-order valence-corrected chi connectivity index (χ4v) is 3.00. The molecule has 0 radical (unpaired) electrons. The summed E-state index contributed by atoms with van der Waals surface area (Å²) < 4.78 is 31.8. The molecule has 5 nitrogen and oxygen atoms in total. The van der Waals surface area contributed by atoms with Crippen molar-refractivity contribution in [3.05, 3.63) is 29.3 Å². The number of methoxy groups -OCH3 is 1. The van der Waals surface area contributed by atoms with Crippen molar-refractivity contribution in [3.63, 3.8) is 0 Å². The minimum Gasteiger partial charge on any atom is -0.392 e. The zero-order valence-corrected chi connectivity index (χ0v) is 12.3. The first kappa shape index (κ1) is 16.1. The van der Waals surface area contributed by atoms with Crippen LogP contribution < -0.4 is 4.72 Å². The summed E-state index contributed by atoms with van der Waals surface area (Å²) in [6.45, 7) is 3.95. The van der Waals surface area contributed by atoms with Crippen LogP contribution in [0.2, 0.25) is 0 Å². The van der Waals surface area contributed by atoms with E-state index in [1.807, 2.05) is 6.92 Å². The molecule has 1 atom stereocenters. The summed E-state index contributed by atoms with van der Waals surface area (Å²) in [5.74, 6) is 0. The number of nitrogens with one attached hydrogen (secondary N) is 1. The molecule has 1 aromatic carbocycles. The quantitative estimate of drug-likeness (QED) is 0.790. The van der Waals surface area contributed by atoms with Crippen LogP contribution >= 0.6 is 0 Å². The van der Waals surface area contributed by atoms with Gasteiger partial charge >= 0.3 is 0 Å². The third-order valence-corrected chi connectivity index (χ3v) is 4.50. The van der Waals surface area contributed by atoms with Crippen molar-refractivity contribution in [2.24, 2.45) is 0 Å². The van der Waals surface area contributed by atoms with Gasteiger partial charge in [0.15, 0.2) is 0 Å². The molecule has 19 heavy (non-hydrogen) atoms. The molecule has 0 aromatic heterocycles. The minimum atomic E-state index is -3.56. The lowest BCUT2D eigenvalue weighted by Crippen LogP contribution is -2.33. The van der Waals surface area contributed by atoms with Gasteiger partial charge in [0, 0.05) is 19.8 Å². The summed E-state index contributed by atoms with van der Waals surface area (Å²) in [6.07, 6.45) is 0.606. The molecule has 1 unspecified atom stereocenters. The molecule has 0 aliphatic heterocycles. The Hall–Kier alpha value is -0.950. The second-order valence-electron chi connectivity index (χ2n) is 4.55. The third kappa shape index (κ3) is 4.58. The summed E-state index contributed by atoms with van der Waals surface area (Å²) in [7, 11) is -1.98. The number of aliphatic hydroxyl groups excluding tert-OH is 1. The van der Waals surface area contributed by atoms with E-state index in [1.54, 1.807) is 26.2 Å². The van der Waals surface area contributed by atoms with E-state index in [0.717, 1.165) is 5.56 Å². The van der Waals surface area contributed by atoms with E-state index in [1.165, 1.54) is 6.07 Å². The molecule has 0 aliphatic carbocycles. The Bertz CT molecular complexity index is 513. The summed E-state index contributed by atoms with van der Waals surface area (Å²) in [4.78, 5) is 0.173. The van der Waals surface area contributed by atoms with Crippen molar-refractivity contribution in [2.75, 3.05) is 13.7 Å². The predicted molar refractivity (Wildman–Crippen MR) is 73.4 cm³/mol. The molecule has 0 amide bonds. The molecule has 1 aromatic rings. The second-order valence-corrected chi connectivity index (χ2v) is 6.26. The van der Waals surface area contributed by atoms with Crippen LogP contribution in [0.15, 0.2) is 23.1 Å². The molecule has 0 fully saturated rings. The maximum atomic E-state index is 12.2. The van der Waals surface area contributed by atoms with Crippen molar-refractivity contribution in [3.8, 4) is 0 Å². The second kappa shape index (κ2) is 7.00. The normalized spacial score (nSPS) is 13.5. The van der Waals surface area contributed by atoms with E-state index in [4.69, 9.17) is 4.74 Å². The maximum Gasteiger partial charge on any atom is 0.240 e. The van der Waals surface area contributed by atoms with Crippen LogP contribution in [-0.4, -0.2) is 33.3 Å². The monoisotopic (exact) mass is 287 g/mol. The summed E-state index contributed by atoms with van der Waals surface area (Å²) >= 11 is 0. The lowest BCUT2D eigenvalue weighted by atomic mass is 10.1. The first-order valence-electron chi connectivity index (χ1n) is 6.12. The van der Waals surface area contributed by atoms with Crippen LogP contribution in [0, 0.1) is 6.92 Å². The zero-order valence-electron chi connectivity index (χ0n) is 11.5. The van der Waals surface area contributed by atoms with Crippen LogP contribution in [-0.2, 0) is 21.4 Å². The van der Waals surface area contributed by atoms with Gasteiger partial charge in [0.25, 0.3) is 0 Å². The summed E-state index contributed by atoms with van der Waals surface area (Å²) in [5, 5.41) is 9.17. The lowest BCUT2D eigenvalue weighted by Gasteiger charge is -2.14. The van der Waals surface area contributed by atoms with E-state index >= 15 is 0 Å². The van der Waals surface area contributed by atoms with Crippen LogP contribution in [0.5, 0.6) is 0 Å². The molecule has 0 saturated carbocycles. The molecule has 0 spiro atoms. The van der Waals surface area contributed by atoms with Gasteiger partial charge in [0.1, 0.15) is 0 Å². The van der Waals surface area contributed by atoms with Crippen LogP contribution in [0.4, 0.5) is 0 Å². The van der Waals surface area contributed by atoms with E-state index in [0.29, 0.717) is 18.6 Å². The Kier molecular flexibility index (Phi) is 5.93. The highest BCUT2D eigenvalue weighted by Gasteiger charge is 2.18. The molecule has 2 N–H and O–H groups in total. The molecule has 0 heterocycles. The molecule has 0 aliphatic rings. The van der Waals surface area contributed by atoms with E-state index in [2.05, 4.69) is 4.72 Å². The summed E-state index contributed by atoms with van der Waals surface area (Å²) in [6, 6.07) is 4.53. The molecule has 1 rings (SSSR count). The average molecular weight is 287 g/mol. The highest BCUT2D eigenvalue weighted by molar-refractivity contribution is 7.89. The van der Waals surface area contributed by atoms with E-state index in [9.17, 15) is 13.5 Å². The maximum absolute atomic E-state index is 12.2. The number of rotatable bonds is 7. The van der Waals surface area contributed by atoms with Gasteiger partial charge in [0.05, 0.1) is 11.5 Å². The van der Waals surface area contributed by atoms with E-state index < -0.39 is 10.0 Å². The molecular weight excluding hydrogens is 266 g/mol. The topological polar surface area (TPSA) is 75.6 Å². The van der Waals surface area contributed by atoms with Crippen molar-refractivity contribution in [2.45, 2.75) is 37.8 Å². The Labute approximate surface area is 114 Å². The minimum absolute atomic E-state index is 0.172. The van der Waals surface area contributed by atoms with Crippen molar-refractivity contribution >= 4 is 10.0 Å². The summed E-state index contributed by atoms with van der Waals surface area (Å²) in [5.41, 5.74) is 1.49. The standard InChI is InChI=1S/C13H21NO4S/c1-10-4-5-13(8-12(10)9-15)19(16,17)14-11(2)6-7-18-3/h4-5,8,11,14-15H,6-7,9H2,1-3H3. The Balaban J connectivity index is 2.88. The van der Waals surface area contributed by atoms with Gasteiger partial charge in [-0.25, -0.2) is 13.1 Å². The zero-order chi connectivity index (χ0) is 14.5. The van der Waals surface area contributed by atoms with Crippen LogP contribution in [0.1, 0.15) is 24.5 Å². The highest BCUT2D eigenvalue weighted by Crippen LogP contribution is 2.16. The van der Waals surface area contributed by atoms with Gasteiger partial charge in [-0.3, -0.25) is 0 Å². The Morgan fingerprint density at radius 2 is 2.11 bits per heavy atom. The number of hydrogen-bond donors (Lipinski definition) is 2. The van der Waals surface area contributed by atoms with E-state index in [-0.39, 0.29) is 17.5 Å². The van der Waals surface area contributed by atoms with Crippen molar-refractivity contribution < 1.29 is 18.3 Å². The van der Waals surface area contributed by atoms with Gasteiger partial charge in [-0.15, -0.1) is 0 Å². The first-order valence-corrected chi connectivity index (χ1v) is 7.60. The Morgan fingerprint density at radius 1 is 1.42 bits per heavy atom. The number of aliphatic hydroxyl groups is 1. The number of hydrogen-bond acceptors (Lipinski definition) is 4. The fraction of sp³-hybridized carbons (Fsp3) is 0.538. The fourth-order valence-electron chi connectivity index (χ4n) is 1.67. The number of aryl methyl sites for hydroxylation is 1. The Morgan fingerprint density at radius 3 is 2.68 bits per heavy atom. The third-order valence-electron chi connectivity index (χ3n) is 2.91. The van der Waals surface area contributed by atoms with Crippen molar-refractivity contribution in [1.29, 1.82) is 0 Å². The van der Waals surface area contributed by atoms with Crippen molar-refractivity contribution in [1.82, 2.24) is 4.72 Å². The molecule has 0 saturated heterocycles. The lowest BCUT2D eigenvalue weighted by molar-refractivity contribution is 0.188. The van der Waals surface area contributed by atoms with Gasteiger partial charge < -0.3 is 9.84 Å². The SMILES string of the molecule is COCCC(C)NS(=O)(=O)c1ccc(C)c(CO)c1. The first-order chi connectivity index (χ1) is 8.90. The van der Waals surface area contributed by atoms with Gasteiger partial charge in [-0.1, -0.05) is 6.07 Å². The van der Waals surface area contributed by atoms with Gasteiger partial charge in [-0.05, 0) is 43.5 Å². The molecule has 6 heteroatoms. The van der Waals surface area contributed by atoms with Gasteiger partial charge in [-0.2, -0.15) is 0 Å². The number of ether oxygens (including phenoxy) is 1.